The normalized spacial score (nSPS) is 10.5. The van der Waals surface area contributed by atoms with Crippen LogP contribution in [0.3, 0.4) is 0 Å². The van der Waals surface area contributed by atoms with Gasteiger partial charge in [-0.25, -0.2) is 0 Å². The maximum absolute atomic E-state index is 8.53. The van der Waals surface area contributed by atoms with Gasteiger partial charge in [0.05, 0.1) is 6.10 Å². The Labute approximate surface area is 69.8 Å². The van der Waals surface area contributed by atoms with E-state index in [-0.39, 0.29) is 6.10 Å². The molecule has 0 aliphatic carbocycles. The quantitative estimate of drug-likeness (QED) is 0.479. The van der Waals surface area contributed by atoms with Crippen LogP contribution in [-0.4, -0.2) is 11.2 Å². The summed E-state index contributed by atoms with van der Waals surface area (Å²) in [6.45, 7) is 15.9. The van der Waals surface area contributed by atoms with Crippen LogP contribution in [0, 0.1) is 0 Å². The average molecular weight is 154 g/mol. The minimum absolute atomic E-state index is 0.343. The Hall–Kier alpha value is -0.820. The Morgan fingerprint density at radius 1 is 1.36 bits per heavy atom. The summed E-state index contributed by atoms with van der Waals surface area (Å²) in [6.07, 6.45) is 1.38. The van der Waals surface area contributed by atoms with Crippen LogP contribution in [0.5, 0.6) is 0 Å². The van der Waals surface area contributed by atoms with Gasteiger partial charge in [-0.2, -0.15) is 0 Å². The van der Waals surface area contributed by atoms with E-state index in [9.17, 15) is 0 Å². The van der Waals surface area contributed by atoms with E-state index < -0.39 is 0 Å². The van der Waals surface area contributed by atoms with E-state index in [1.807, 2.05) is 6.92 Å². The van der Waals surface area contributed by atoms with Gasteiger partial charge in [0.25, 0.3) is 0 Å². The van der Waals surface area contributed by atoms with Crippen molar-refractivity contribution in [3.8, 4) is 0 Å². The van der Waals surface area contributed by atoms with Gasteiger partial charge in [-0.15, -0.1) is 0 Å². The second-order valence-corrected chi connectivity index (χ2v) is 2.57. The van der Waals surface area contributed by atoms with Crippen molar-refractivity contribution >= 4 is 0 Å². The van der Waals surface area contributed by atoms with Gasteiger partial charge in [0.2, 0.25) is 0 Å². The van der Waals surface area contributed by atoms with Crippen LogP contribution < -0.4 is 0 Å². The molecule has 0 aliphatic heterocycles. The summed E-state index contributed by atoms with van der Waals surface area (Å²) in [6, 6.07) is 0. The number of aliphatic hydroxyl groups is 1. The lowest BCUT2D eigenvalue weighted by Gasteiger charge is -1.97. The molecule has 0 aromatic rings. The van der Waals surface area contributed by atoms with E-state index in [2.05, 4.69) is 19.7 Å². The van der Waals surface area contributed by atoms with Crippen LogP contribution >= 0.6 is 0 Å². The largest absolute Gasteiger partial charge is 0.389 e. The van der Waals surface area contributed by atoms with Gasteiger partial charge in [0, 0.05) is 0 Å². The predicted octanol–water partition coefficient (Wildman–Crippen LogP) is 2.69. The number of hydrogen-bond acceptors (Lipinski definition) is 1. The molecule has 0 radical (unpaired) electrons. The van der Waals surface area contributed by atoms with E-state index in [1.54, 1.807) is 19.9 Å². The van der Waals surface area contributed by atoms with Gasteiger partial charge in [0.15, 0.2) is 0 Å². The van der Waals surface area contributed by atoms with Crippen LogP contribution in [0.25, 0.3) is 0 Å². The molecule has 64 valence electrons. The molecule has 0 spiro atoms. The van der Waals surface area contributed by atoms with Crippen molar-refractivity contribution in [1.82, 2.24) is 0 Å². The first-order chi connectivity index (χ1) is 4.91. The smallest absolute Gasteiger partial charge is 0.0716 e. The van der Waals surface area contributed by atoms with E-state index in [0.29, 0.717) is 0 Å². The molecule has 0 aliphatic rings. The molecular formula is C10H18O. The van der Waals surface area contributed by atoms with Crippen molar-refractivity contribution < 1.29 is 5.11 Å². The molecule has 11 heavy (non-hydrogen) atoms. The molecule has 0 heterocycles. The maximum Gasteiger partial charge on any atom is 0.0716 e. The molecule has 1 atom stereocenters. The van der Waals surface area contributed by atoms with E-state index in [1.165, 1.54) is 0 Å². The monoisotopic (exact) mass is 154 g/mol. The highest BCUT2D eigenvalue weighted by Gasteiger charge is 1.89. The van der Waals surface area contributed by atoms with Crippen molar-refractivity contribution in [2.75, 3.05) is 0 Å². The Kier molecular flexibility index (Phi) is 8.50. The fraction of sp³-hybridized carbons (Fsp3) is 0.400. The zero-order chi connectivity index (χ0) is 9.44. The van der Waals surface area contributed by atoms with Gasteiger partial charge in [0.1, 0.15) is 0 Å². The van der Waals surface area contributed by atoms with Crippen molar-refractivity contribution in [2.45, 2.75) is 26.9 Å². The maximum atomic E-state index is 8.53. The summed E-state index contributed by atoms with van der Waals surface area (Å²) in [7, 11) is 0. The molecule has 1 heteroatoms. The average Bonchev–Trinajstić information content (AvgIpc) is 1.89. The first kappa shape index (κ1) is 12.8. The van der Waals surface area contributed by atoms with Crippen molar-refractivity contribution in [3.05, 3.63) is 37.0 Å². The molecular weight excluding hydrogens is 136 g/mol. The SMILES string of the molecule is C=C(C)C(C)O.C=CC(=C)C. The van der Waals surface area contributed by atoms with E-state index >= 15 is 0 Å². The number of rotatable bonds is 2. The molecule has 0 amide bonds. The van der Waals surface area contributed by atoms with Crippen molar-refractivity contribution in [1.29, 1.82) is 0 Å². The highest BCUT2D eigenvalue weighted by Crippen LogP contribution is 1.92. The third kappa shape index (κ3) is 17.6. The molecule has 1 nitrogen and oxygen atoms in total. The van der Waals surface area contributed by atoms with E-state index in [0.717, 1.165) is 11.1 Å². The van der Waals surface area contributed by atoms with Gasteiger partial charge < -0.3 is 5.11 Å². The predicted molar refractivity (Wildman–Crippen MR) is 51.5 cm³/mol. The molecule has 1 N–H and O–H groups in total. The lowest BCUT2D eigenvalue weighted by Crippen LogP contribution is -1.97. The standard InChI is InChI=1S/C5H10O.C5H8/c1-4(2)5(3)6;1-4-5(2)3/h5-6H,1H2,2-3H3;4H,1-2H2,3H3. The van der Waals surface area contributed by atoms with Crippen molar-refractivity contribution in [2.24, 2.45) is 0 Å². The molecule has 0 rings (SSSR count). The minimum Gasteiger partial charge on any atom is -0.389 e. The summed E-state index contributed by atoms with van der Waals surface area (Å²) in [5.74, 6) is 0. The zero-order valence-electron chi connectivity index (χ0n) is 7.72. The Bertz CT molecular complexity index is 143. The first-order valence-electron chi connectivity index (χ1n) is 3.53. The highest BCUT2D eigenvalue weighted by molar-refractivity contribution is 5.05. The van der Waals surface area contributed by atoms with Crippen LogP contribution in [0.15, 0.2) is 37.0 Å². The molecule has 0 saturated heterocycles. The third-order valence-electron chi connectivity index (χ3n) is 1.06. The van der Waals surface area contributed by atoms with Crippen LogP contribution in [-0.2, 0) is 0 Å². The second-order valence-electron chi connectivity index (χ2n) is 2.57. The first-order valence-corrected chi connectivity index (χ1v) is 3.53. The minimum atomic E-state index is -0.343. The number of hydrogen-bond donors (Lipinski definition) is 1. The van der Waals surface area contributed by atoms with Gasteiger partial charge in [-0.3, -0.25) is 0 Å². The topological polar surface area (TPSA) is 20.2 Å². The second kappa shape index (κ2) is 7.29. The number of allylic oxidation sites excluding steroid dienone is 2. The molecule has 0 saturated carbocycles. The summed E-state index contributed by atoms with van der Waals surface area (Å²) in [5.41, 5.74) is 1.83. The van der Waals surface area contributed by atoms with Gasteiger partial charge >= 0.3 is 0 Å². The third-order valence-corrected chi connectivity index (χ3v) is 1.06. The van der Waals surface area contributed by atoms with Gasteiger partial charge in [-0.1, -0.05) is 37.0 Å². The number of aliphatic hydroxyl groups excluding tert-OH is 1. The Balaban J connectivity index is 0. The highest BCUT2D eigenvalue weighted by atomic mass is 16.3. The lowest BCUT2D eigenvalue weighted by molar-refractivity contribution is 0.232. The molecule has 1 unspecified atom stereocenters. The summed E-state index contributed by atoms with van der Waals surface area (Å²) in [4.78, 5) is 0. The fourth-order valence-corrected chi connectivity index (χ4v) is 0. The Morgan fingerprint density at radius 3 is 1.55 bits per heavy atom. The fourth-order valence-electron chi connectivity index (χ4n) is 0. The molecule has 0 aromatic carbocycles. The van der Waals surface area contributed by atoms with Crippen LogP contribution in [0.4, 0.5) is 0 Å². The lowest BCUT2D eigenvalue weighted by atomic mass is 10.2. The van der Waals surface area contributed by atoms with Gasteiger partial charge in [-0.05, 0) is 20.8 Å². The Morgan fingerprint density at radius 2 is 1.55 bits per heavy atom. The zero-order valence-corrected chi connectivity index (χ0v) is 7.72. The molecule has 0 aromatic heterocycles. The summed E-state index contributed by atoms with van der Waals surface area (Å²) < 4.78 is 0. The van der Waals surface area contributed by atoms with Crippen LogP contribution in [0.1, 0.15) is 20.8 Å². The van der Waals surface area contributed by atoms with E-state index in [4.69, 9.17) is 5.11 Å². The summed E-state index contributed by atoms with van der Waals surface area (Å²) in [5, 5.41) is 8.53. The van der Waals surface area contributed by atoms with Crippen LogP contribution in [0.2, 0.25) is 0 Å². The molecule has 0 bridgehead atoms. The summed E-state index contributed by atoms with van der Waals surface area (Å²) >= 11 is 0. The molecule has 0 fully saturated rings. The van der Waals surface area contributed by atoms with Crippen molar-refractivity contribution in [3.63, 3.8) is 0 Å².